The monoisotopic (exact) mass is 357 g/mol. The summed E-state index contributed by atoms with van der Waals surface area (Å²) in [6.07, 6.45) is 0. The van der Waals surface area contributed by atoms with Crippen molar-refractivity contribution in [3.8, 4) is 0 Å². The molecule has 1 unspecified atom stereocenters. The van der Waals surface area contributed by atoms with Gasteiger partial charge in [-0.15, -0.1) is 12.4 Å². The Labute approximate surface area is 140 Å². The van der Waals surface area contributed by atoms with Crippen molar-refractivity contribution in [1.29, 1.82) is 0 Å². The number of nitrogens with one attached hydrogen (secondary N) is 1. The lowest BCUT2D eigenvalue weighted by molar-refractivity contribution is -0.384. The van der Waals surface area contributed by atoms with Gasteiger partial charge in [0.25, 0.3) is 15.7 Å². The van der Waals surface area contributed by atoms with E-state index < -0.39 is 14.9 Å². The lowest BCUT2D eigenvalue weighted by atomic mass is 10.1. The highest BCUT2D eigenvalue weighted by Crippen LogP contribution is 2.20. The van der Waals surface area contributed by atoms with Crippen molar-refractivity contribution >= 4 is 33.8 Å². The van der Waals surface area contributed by atoms with E-state index in [0.717, 1.165) is 17.7 Å². The molecule has 2 aromatic carbocycles. The molecule has 0 aliphatic heterocycles. The SMILES string of the molecule is CC(N)c1ccc(NS(=O)(=O)c2ccc([N+](=O)[O-])cc2)cc1.Cl. The molecule has 0 radical (unpaired) electrons. The maximum Gasteiger partial charge on any atom is 0.269 e. The van der Waals surface area contributed by atoms with Crippen LogP contribution in [0.1, 0.15) is 18.5 Å². The summed E-state index contributed by atoms with van der Waals surface area (Å²) >= 11 is 0. The molecule has 2 rings (SSSR count). The Balaban J connectivity index is 0.00000264. The first-order valence-corrected chi connectivity index (χ1v) is 7.91. The third-order valence-corrected chi connectivity index (χ3v) is 4.44. The summed E-state index contributed by atoms with van der Waals surface area (Å²) in [5.41, 5.74) is 6.84. The molecule has 0 spiro atoms. The molecule has 3 N–H and O–H groups in total. The summed E-state index contributed by atoms with van der Waals surface area (Å²) in [7, 11) is -3.79. The molecule has 0 bridgehead atoms. The fourth-order valence-corrected chi connectivity index (χ4v) is 2.87. The van der Waals surface area contributed by atoms with E-state index in [4.69, 9.17) is 5.73 Å². The Morgan fingerprint density at radius 3 is 2.04 bits per heavy atom. The largest absolute Gasteiger partial charge is 0.324 e. The Bertz CT molecular complexity index is 775. The number of nitro benzene ring substituents is 1. The van der Waals surface area contributed by atoms with E-state index in [9.17, 15) is 18.5 Å². The van der Waals surface area contributed by atoms with E-state index in [1.54, 1.807) is 24.3 Å². The predicted molar refractivity (Wildman–Crippen MR) is 90.2 cm³/mol. The Morgan fingerprint density at radius 1 is 1.09 bits per heavy atom. The fourth-order valence-electron chi connectivity index (χ4n) is 1.82. The molecule has 0 amide bonds. The quantitative estimate of drug-likeness (QED) is 0.630. The van der Waals surface area contributed by atoms with E-state index in [1.807, 2.05) is 6.92 Å². The molecular weight excluding hydrogens is 342 g/mol. The van der Waals surface area contributed by atoms with Crippen molar-refractivity contribution in [2.45, 2.75) is 17.9 Å². The lowest BCUT2D eigenvalue weighted by Crippen LogP contribution is -2.13. The molecule has 9 heteroatoms. The molecule has 0 fully saturated rings. The number of rotatable bonds is 5. The highest BCUT2D eigenvalue weighted by molar-refractivity contribution is 7.92. The van der Waals surface area contributed by atoms with Crippen LogP contribution < -0.4 is 10.5 Å². The topological polar surface area (TPSA) is 115 Å². The third kappa shape index (κ3) is 4.65. The number of hydrogen-bond donors (Lipinski definition) is 2. The van der Waals surface area contributed by atoms with Crippen LogP contribution in [0.3, 0.4) is 0 Å². The van der Waals surface area contributed by atoms with Gasteiger partial charge in [0, 0.05) is 23.9 Å². The molecule has 7 nitrogen and oxygen atoms in total. The number of nitro groups is 1. The molecule has 0 saturated heterocycles. The number of nitrogens with zero attached hydrogens (tertiary/aromatic N) is 1. The number of non-ortho nitro benzene ring substituents is 1. The number of halogens is 1. The van der Waals surface area contributed by atoms with Crippen LogP contribution in [0.5, 0.6) is 0 Å². The molecule has 0 aliphatic rings. The highest BCUT2D eigenvalue weighted by atomic mass is 35.5. The molecule has 0 heterocycles. The minimum absolute atomic E-state index is 0. The fraction of sp³-hybridized carbons (Fsp3) is 0.143. The zero-order valence-corrected chi connectivity index (χ0v) is 13.8. The molecular formula is C14H16ClN3O4S. The first kappa shape index (κ1) is 18.9. The van der Waals surface area contributed by atoms with Crippen LogP contribution in [0.15, 0.2) is 53.4 Å². The molecule has 0 aromatic heterocycles. The van der Waals surface area contributed by atoms with Gasteiger partial charge in [-0.25, -0.2) is 8.42 Å². The molecule has 0 saturated carbocycles. The second kappa shape index (κ2) is 7.40. The van der Waals surface area contributed by atoms with Gasteiger partial charge in [0.2, 0.25) is 0 Å². The second-order valence-corrected chi connectivity index (χ2v) is 6.45. The minimum Gasteiger partial charge on any atom is -0.324 e. The van der Waals surface area contributed by atoms with Gasteiger partial charge in [-0.05, 0) is 36.8 Å². The maximum atomic E-state index is 12.2. The number of anilines is 1. The van der Waals surface area contributed by atoms with Gasteiger partial charge in [0.05, 0.1) is 9.82 Å². The Hall–Kier alpha value is -2.16. The van der Waals surface area contributed by atoms with Crippen molar-refractivity contribution in [2.75, 3.05) is 4.72 Å². The number of sulfonamides is 1. The van der Waals surface area contributed by atoms with Crippen molar-refractivity contribution in [1.82, 2.24) is 0 Å². The Kier molecular flexibility index (Phi) is 6.08. The molecule has 2 aromatic rings. The maximum absolute atomic E-state index is 12.2. The van der Waals surface area contributed by atoms with Crippen LogP contribution in [0.25, 0.3) is 0 Å². The normalized spacial score (nSPS) is 12.1. The summed E-state index contributed by atoms with van der Waals surface area (Å²) < 4.78 is 26.8. The summed E-state index contributed by atoms with van der Waals surface area (Å²) in [5.74, 6) is 0. The van der Waals surface area contributed by atoms with E-state index in [0.29, 0.717) is 5.69 Å². The van der Waals surface area contributed by atoms with Gasteiger partial charge < -0.3 is 5.73 Å². The summed E-state index contributed by atoms with van der Waals surface area (Å²) in [6.45, 7) is 1.83. The second-order valence-electron chi connectivity index (χ2n) is 4.77. The van der Waals surface area contributed by atoms with E-state index >= 15 is 0 Å². The average Bonchev–Trinajstić information content (AvgIpc) is 2.47. The van der Waals surface area contributed by atoms with Gasteiger partial charge in [-0.3, -0.25) is 14.8 Å². The van der Waals surface area contributed by atoms with Crippen LogP contribution >= 0.6 is 12.4 Å². The van der Waals surface area contributed by atoms with E-state index in [2.05, 4.69) is 4.72 Å². The smallest absolute Gasteiger partial charge is 0.269 e. The van der Waals surface area contributed by atoms with Crippen molar-refractivity contribution < 1.29 is 13.3 Å². The molecule has 0 aliphatic carbocycles. The highest BCUT2D eigenvalue weighted by Gasteiger charge is 2.16. The standard InChI is InChI=1S/C14H15N3O4S.ClH/c1-10(15)11-2-4-12(5-3-11)16-22(20,21)14-8-6-13(7-9-14)17(18)19;/h2-10,16H,15H2,1H3;1H. The van der Waals surface area contributed by atoms with Gasteiger partial charge in [-0.2, -0.15) is 0 Å². The van der Waals surface area contributed by atoms with Crippen LogP contribution in [0, 0.1) is 10.1 Å². The van der Waals surface area contributed by atoms with E-state index in [1.165, 1.54) is 12.1 Å². The van der Waals surface area contributed by atoms with Crippen molar-refractivity contribution in [3.05, 3.63) is 64.2 Å². The van der Waals surface area contributed by atoms with Crippen molar-refractivity contribution in [2.24, 2.45) is 5.73 Å². The Morgan fingerprint density at radius 2 is 1.61 bits per heavy atom. The molecule has 124 valence electrons. The summed E-state index contributed by atoms with van der Waals surface area (Å²) in [5, 5.41) is 10.6. The van der Waals surface area contributed by atoms with Crippen LogP contribution in [-0.4, -0.2) is 13.3 Å². The molecule has 23 heavy (non-hydrogen) atoms. The van der Waals surface area contributed by atoms with Crippen LogP contribution in [0.2, 0.25) is 0 Å². The zero-order valence-electron chi connectivity index (χ0n) is 12.2. The van der Waals surface area contributed by atoms with Crippen molar-refractivity contribution in [3.63, 3.8) is 0 Å². The summed E-state index contributed by atoms with van der Waals surface area (Å²) in [6, 6.07) is 11.2. The average molecular weight is 358 g/mol. The summed E-state index contributed by atoms with van der Waals surface area (Å²) in [4.78, 5) is 9.94. The van der Waals surface area contributed by atoms with Gasteiger partial charge >= 0.3 is 0 Å². The van der Waals surface area contributed by atoms with Gasteiger partial charge in [0.15, 0.2) is 0 Å². The first-order valence-electron chi connectivity index (χ1n) is 6.42. The number of nitrogens with two attached hydrogens (primary N) is 1. The number of hydrogen-bond acceptors (Lipinski definition) is 5. The van der Waals surface area contributed by atoms with Crippen LogP contribution in [-0.2, 0) is 10.0 Å². The lowest BCUT2D eigenvalue weighted by Gasteiger charge is -2.10. The van der Waals surface area contributed by atoms with Gasteiger partial charge in [-0.1, -0.05) is 12.1 Å². The minimum atomic E-state index is -3.79. The first-order chi connectivity index (χ1) is 10.3. The zero-order chi connectivity index (χ0) is 16.3. The predicted octanol–water partition coefficient (Wildman–Crippen LogP) is 2.84. The van der Waals surface area contributed by atoms with Gasteiger partial charge in [0.1, 0.15) is 0 Å². The van der Waals surface area contributed by atoms with E-state index in [-0.39, 0.29) is 29.0 Å². The number of benzene rings is 2. The molecule has 1 atom stereocenters. The third-order valence-electron chi connectivity index (χ3n) is 3.05. The van der Waals surface area contributed by atoms with Crippen LogP contribution in [0.4, 0.5) is 11.4 Å².